The maximum atomic E-state index is 2.91. The Hall–Kier alpha value is -4.76. The van der Waals surface area contributed by atoms with Crippen molar-refractivity contribution >= 4 is 34.9 Å². The maximum Gasteiger partial charge on any atom is 0.222 e. The van der Waals surface area contributed by atoms with E-state index in [1.165, 1.54) is 77.2 Å². The van der Waals surface area contributed by atoms with Crippen LogP contribution in [0.2, 0.25) is 5.82 Å². The van der Waals surface area contributed by atoms with Crippen molar-refractivity contribution < 1.29 is 0 Å². The van der Waals surface area contributed by atoms with Gasteiger partial charge in [0.2, 0.25) is 6.71 Å². The van der Waals surface area contributed by atoms with Crippen LogP contribution in [0, 0.1) is 16.7 Å². The lowest BCUT2D eigenvalue weighted by molar-refractivity contribution is 0.288. The molecule has 4 aromatic rings. The van der Waals surface area contributed by atoms with Crippen molar-refractivity contribution in [3.8, 4) is 0 Å². The first-order chi connectivity index (χ1) is 31.0. The zero-order valence-corrected chi connectivity index (χ0v) is 41.5. The molecule has 336 valence electrons. The highest BCUT2D eigenvalue weighted by Gasteiger charge is 2.53. The molecule has 0 radical (unpaired) electrons. The van der Waals surface area contributed by atoms with Crippen molar-refractivity contribution in [2.45, 2.75) is 162 Å². The maximum absolute atomic E-state index is 2.91. The Kier molecular flexibility index (Phi) is 11.2. The van der Waals surface area contributed by atoms with Gasteiger partial charge in [-0.1, -0.05) is 196 Å². The minimum Gasteiger partial charge on any atom is -0.339 e. The smallest absolute Gasteiger partial charge is 0.222 e. The number of anilines is 4. The van der Waals surface area contributed by atoms with E-state index in [1.54, 1.807) is 27.6 Å². The molecular weight excluding hydrogens is 784 g/mol. The number of benzene rings is 4. The molecule has 0 saturated heterocycles. The van der Waals surface area contributed by atoms with Gasteiger partial charge in [0.05, 0.1) is 0 Å². The first-order valence-electron chi connectivity index (χ1n) is 25.5. The summed E-state index contributed by atoms with van der Waals surface area (Å²) in [5.41, 5.74) is 19.1. The third-order valence-electron chi connectivity index (χ3n) is 17.3. The van der Waals surface area contributed by atoms with Crippen LogP contribution in [0.25, 0.3) is 0 Å². The molecule has 0 bridgehead atoms. The normalized spacial score (nSPS) is 22.6. The average Bonchev–Trinajstić information content (AvgIpc) is 3.31. The Morgan fingerprint density at radius 2 is 1.34 bits per heavy atom. The van der Waals surface area contributed by atoms with Crippen LogP contribution in [-0.2, 0) is 10.8 Å². The van der Waals surface area contributed by atoms with Crippen LogP contribution in [0.4, 0.5) is 22.7 Å². The van der Waals surface area contributed by atoms with Crippen molar-refractivity contribution in [2.75, 3.05) is 9.80 Å². The number of rotatable bonds is 7. The summed E-state index contributed by atoms with van der Waals surface area (Å²) in [7, 11) is 0. The second-order valence-corrected chi connectivity index (χ2v) is 24.0. The standard InChI is InChI=1S/C62H75BN2/c1-59(2,3)46-28-20-30-50(38-46)64-55-41-49(62(9,10)45-26-18-13-19-27-45)33-35-53(55)63-52-34-32-47(60(4,5)6)40-54(52)65(57-37-43(36-56(64)58(57)63)42-22-14-11-15-23-42)51-31-21-29-48(39-51)61(7,8)44-24-16-12-17-25-44/h12-13,16-18,20-21,24-26,28-34,36-39,42,47,53,55H,11,14-15,19,22-23,27,35,40-41H2,1-10H3. The van der Waals surface area contributed by atoms with E-state index in [9.17, 15) is 0 Å². The van der Waals surface area contributed by atoms with E-state index in [0.717, 1.165) is 32.1 Å². The van der Waals surface area contributed by atoms with E-state index < -0.39 is 0 Å². The van der Waals surface area contributed by atoms with Crippen LogP contribution >= 0.6 is 0 Å². The molecule has 0 N–H and O–H groups in total. The first-order valence-corrected chi connectivity index (χ1v) is 25.5. The van der Waals surface area contributed by atoms with Gasteiger partial charge >= 0.3 is 0 Å². The molecule has 3 heteroatoms. The van der Waals surface area contributed by atoms with Crippen LogP contribution in [0.1, 0.15) is 162 Å². The van der Waals surface area contributed by atoms with Gasteiger partial charge in [0.1, 0.15) is 0 Å². The third-order valence-corrected chi connectivity index (χ3v) is 17.3. The minimum atomic E-state index is -0.150. The third kappa shape index (κ3) is 7.85. The first kappa shape index (κ1) is 44.1. The lowest BCUT2D eigenvalue weighted by Crippen LogP contribution is -2.59. The predicted molar refractivity (Wildman–Crippen MR) is 281 cm³/mol. The van der Waals surface area contributed by atoms with Crippen molar-refractivity contribution in [1.29, 1.82) is 0 Å². The molecule has 0 amide bonds. The summed E-state index contributed by atoms with van der Waals surface area (Å²) in [4.78, 5) is 5.70. The van der Waals surface area contributed by atoms with Gasteiger partial charge in [-0.05, 0) is 138 Å². The fourth-order valence-corrected chi connectivity index (χ4v) is 12.9. The van der Waals surface area contributed by atoms with Gasteiger partial charge in [-0.15, -0.1) is 0 Å². The Labute approximate surface area is 393 Å². The second kappa shape index (κ2) is 16.5. The summed E-state index contributed by atoms with van der Waals surface area (Å²) in [6.07, 6.45) is 27.1. The fourth-order valence-electron chi connectivity index (χ4n) is 12.9. The van der Waals surface area contributed by atoms with Crippen LogP contribution in [-0.4, -0.2) is 12.8 Å². The summed E-state index contributed by atoms with van der Waals surface area (Å²) in [5.74, 6) is 1.46. The molecule has 10 rings (SSSR count). The molecule has 6 aliphatic rings. The molecule has 0 spiro atoms. The molecule has 2 nitrogen and oxygen atoms in total. The second-order valence-electron chi connectivity index (χ2n) is 24.0. The van der Waals surface area contributed by atoms with E-state index in [2.05, 4.69) is 206 Å². The molecule has 1 fully saturated rings. The zero-order chi connectivity index (χ0) is 45.5. The summed E-state index contributed by atoms with van der Waals surface area (Å²) in [6, 6.07) is 36.3. The molecule has 2 aliphatic heterocycles. The summed E-state index contributed by atoms with van der Waals surface area (Å²) >= 11 is 0. The highest BCUT2D eigenvalue weighted by atomic mass is 15.2. The molecule has 0 aromatic heterocycles. The Morgan fingerprint density at radius 1 is 0.646 bits per heavy atom. The Balaban J connectivity index is 1.24. The molecule has 4 aliphatic carbocycles. The zero-order valence-electron chi connectivity index (χ0n) is 41.5. The monoisotopic (exact) mass is 859 g/mol. The van der Waals surface area contributed by atoms with Crippen LogP contribution in [0.3, 0.4) is 0 Å². The average molecular weight is 859 g/mol. The van der Waals surface area contributed by atoms with Crippen molar-refractivity contribution in [1.82, 2.24) is 0 Å². The highest BCUT2D eigenvalue weighted by Crippen LogP contribution is 2.57. The van der Waals surface area contributed by atoms with E-state index in [1.807, 2.05) is 0 Å². The van der Waals surface area contributed by atoms with Crippen molar-refractivity contribution in [3.05, 3.63) is 172 Å². The van der Waals surface area contributed by atoms with Crippen molar-refractivity contribution in [2.24, 2.45) is 16.7 Å². The number of hydrogen-bond acceptors (Lipinski definition) is 2. The number of hydrogen-bond donors (Lipinski definition) is 0. The number of fused-ring (bicyclic) bond motifs is 3. The lowest BCUT2D eigenvalue weighted by Gasteiger charge is -2.54. The molecule has 3 atom stereocenters. The predicted octanol–water partition coefficient (Wildman–Crippen LogP) is 16.5. The molecule has 1 saturated carbocycles. The molecule has 2 heterocycles. The van der Waals surface area contributed by atoms with Gasteiger partial charge in [0.15, 0.2) is 0 Å². The molecular formula is C62H75BN2. The van der Waals surface area contributed by atoms with E-state index in [4.69, 9.17) is 0 Å². The van der Waals surface area contributed by atoms with Gasteiger partial charge in [-0.25, -0.2) is 0 Å². The molecule has 3 unspecified atom stereocenters. The lowest BCUT2D eigenvalue weighted by atomic mass is 9.27. The van der Waals surface area contributed by atoms with Gasteiger partial charge in [-0.3, -0.25) is 0 Å². The van der Waals surface area contributed by atoms with Crippen molar-refractivity contribution in [3.63, 3.8) is 0 Å². The van der Waals surface area contributed by atoms with Gasteiger partial charge in [0.25, 0.3) is 0 Å². The van der Waals surface area contributed by atoms with Gasteiger partial charge in [0, 0.05) is 45.3 Å². The van der Waals surface area contributed by atoms with E-state index in [-0.39, 0.29) is 21.7 Å². The largest absolute Gasteiger partial charge is 0.339 e. The topological polar surface area (TPSA) is 6.48 Å². The van der Waals surface area contributed by atoms with Crippen LogP contribution in [0.15, 0.2) is 150 Å². The molecule has 4 aromatic carbocycles. The quantitative estimate of drug-likeness (QED) is 0.135. The van der Waals surface area contributed by atoms with E-state index >= 15 is 0 Å². The summed E-state index contributed by atoms with van der Waals surface area (Å²) in [5, 5.41) is 0. The van der Waals surface area contributed by atoms with Gasteiger partial charge in [-0.2, -0.15) is 0 Å². The van der Waals surface area contributed by atoms with E-state index in [0.29, 0.717) is 30.4 Å². The van der Waals surface area contributed by atoms with Crippen LogP contribution < -0.4 is 15.3 Å². The SMILES string of the molecule is CC(C)(C1=CC=CCC1)C1=CCC2B3C4=C(CC(C(C)(C)C)C=C4)N(c4cccc(C(C)(C)c5ccccc5)c4)c4cc(C5CCCCC5)cc(c43)N(c3cccc(C(C)(C)C)c3)C2C1. The molecule has 65 heavy (non-hydrogen) atoms. The van der Waals surface area contributed by atoms with Crippen LogP contribution in [0.5, 0.6) is 0 Å². The summed E-state index contributed by atoms with van der Waals surface area (Å²) < 4.78 is 0. The number of allylic oxidation sites excluding steroid dienone is 9. The van der Waals surface area contributed by atoms with Gasteiger partial charge < -0.3 is 9.80 Å². The number of nitrogens with zero attached hydrogens (tertiary/aromatic N) is 2. The summed E-state index contributed by atoms with van der Waals surface area (Å²) in [6.45, 7) is 24.6. The minimum absolute atomic E-state index is 0.0149. The Bertz CT molecular complexity index is 2610. The highest BCUT2D eigenvalue weighted by molar-refractivity contribution is 6.85. The fraction of sp³-hybridized carbons (Fsp3) is 0.452. The Morgan fingerprint density at radius 3 is 2.05 bits per heavy atom.